The molecule has 0 aliphatic rings. The Morgan fingerprint density at radius 2 is 2.22 bits per heavy atom. The van der Waals surface area contributed by atoms with E-state index in [2.05, 4.69) is 11.6 Å². The number of anilines is 1. The Hall–Kier alpha value is -0.970. The average Bonchev–Trinajstić information content (AvgIpc) is 2.69. The lowest BCUT2D eigenvalue weighted by atomic mass is 10.2. The number of thiazole rings is 1. The molecule has 1 aromatic heterocycles. The summed E-state index contributed by atoms with van der Waals surface area (Å²) in [6, 6.07) is 7.60. The largest absolute Gasteiger partial charge is 0.389 e. The minimum atomic E-state index is 0.672. The molecule has 18 heavy (non-hydrogen) atoms. The molecule has 2 rings (SSSR count). The van der Waals surface area contributed by atoms with Crippen molar-refractivity contribution in [3.8, 4) is 11.3 Å². The first-order chi connectivity index (χ1) is 8.58. The lowest BCUT2D eigenvalue weighted by molar-refractivity contribution is 1.25. The van der Waals surface area contributed by atoms with Crippen LogP contribution < -0.4 is 5.73 Å². The molecule has 94 valence electrons. The Balaban J connectivity index is 2.30. The van der Waals surface area contributed by atoms with Crippen LogP contribution in [0.2, 0.25) is 5.02 Å². The van der Waals surface area contributed by atoms with E-state index in [1.165, 1.54) is 11.3 Å². The third-order valence-electron chi connectivity index (χ3n) is 2.20. The van der Waals surface area contributed by atoms with E-state index in [1.807, 2.05) is 31.2 Å². The molecule has 0 fully saturated rings. The van der Waals surface area contributed by atoms with E-state index < -0.39 is 0 Å². The minimum Gasteiger partial charge on any atom is -0.389 e. The zero-order chi connectivity index (χ0) is 13.1. The van der Waals surface area contributed by atoms with E-state index in [0.29, 0.717) is 10.0 Å². The second-order valence-corrected chi connectivity index (χ2v) is 6.58. The van der Waals surface area contributed by atoms with Gasteiger partial charge in [-0.3, -0.25) is 0 Å². The van der Waals surface area contributed by atoms with Crippen LogP contribution in [-0.2, 0) is 0 Å². The zero-order valence-electron chi connectivity index (χ0n) is 9.94. The van der Waals surface area contributed by atoms with Crippen LogP contribution in [0.25, 0.3) is 11.3 Å². The van der Waals surface area contributed by atoms with E-state index in [1.54, 1.807) is 11.8 Å². The van der Waals surface area contributed by atoms with Crippen molar-refractivity contribution in [1.29, 1.82) is 0 Å². The van der Waals surface area contributed by atoms with Crippen LogP contribution >= 0.6 is 34.7 Å². The number of nitrogens with two attached hydrogens (primary N) is 1. The first-order valence-electron chi connectivity index (χ1n) is 5.36. The van der Waals surface area contributed by atoms with E-state index in [4.69, 9.17) is 17.3 Å². The van der Waals surface area contributed by atoms with Crippen LogP contribution in [0.15, 0.2) is 40.8 Å². The van der Waals surface area contributed by atoms with Crippen LogP contribution in [0.3, 0.4) is 0 Å². The average molecular weight is 297 g/mol. The number of nitrogen functional groups attached to an aromatic ring is 1. The molecule has 0 spiro atoms. The van der Waals surface area contributed by atoms with Gasteiger partial charge in [-0.15, -0.1) is 0 Å². The molecule has 0 saturated carbocycles. The molecule has 1 aromatic carbocycles. The second kappa shape index (κ2) is 5.78. The Labute approximate surface area is 120 Å². The number of nitrogens with zero attached hydrogens (tertiary/aromatic N) is 1. The van der Waals surface area contributed by atoms with Crippen molar-refractivity contribution in [2.75, 3.05) is 11.5 Å². The minimum absolute atomic E-state index is 0.672. The number of rotatable bonds is 4. The van der Waals surface area contributed by atoms with Gasteiger partial charge >= 0.3 is 0 Å². The Morgan fingerprint density at radius 3 is 2.89 bits per heavy atom. The lowest BCUT2D eigenvalue weighted by Gasteiger charge is -2.00. The van der Waals surface area contributed by atoms with Crippen LogP contribution in [0.5, 0.6) is 0 Å². The number of hydrogen-bond donors (Lipinski definition) is 1. The summed E-state index contributed by atoms with van der Waals surface area (Å²) in [6.07, 6.45) is 0. The van der Waals surface area contributed by atoms with Gasteiger partial charge in [-0.25, -0.2) is 4.98 Å². The van der Waals surface area contributed by atoms with Crippen LogP contribution in [0.1, 0.15) is 6.92 Å². The van der Waals surface area contributed by atoms with Crippen LogP contribution in [0.4, 0.5) is 5.00 Å². The molecule has 1 heterocycles. The highest BCUT2D eigenvalue weighted by Gasteiger charge is 2.13. The van der Waals surface area contributed by atoms with Crippen molar-refractivity contribution < 1.29 is 0 Å². The predicted molar refractivity (Wildman–Crippen MR) is 82.5 cm³/mol. The maximum absolute atomic E-state index is 6.16. The SMILES string of the molecule is C=C(C)CSc1nc(-c2ccccc2Cl)c(N)s1. The summed E-state index contributed by atoms with van der Waals surface area (Å²) in [5, 5.41) is 1.37. The molecule has 0 atom stereocenters. The van der Waals surface area contributed by atoms with Crippen molar-refractivity contribution in [2.24, 2.45) is 0 Å². The molecule has 0 amide bonds. The highest BCUT2D eigenvalue weighted by molar-refractivity contribution is 8.01. The fraction of sp³-hybridized carbons (Fsp3) is 0.154. The predicted octanol–water partition coefficient (Wildman–Crippen LogP) is 4.71. The highest BCUT2D eigenvalue weighted by Crippen LogP contribution is 2.38. The van der Waals surface area contributed by atoms with E-state index in [9.17, 15) is 0 Å². The monoisotopic (exact) mass is 296 g/mol. The summed E-state index contributed by atoms with van der Waals surface area (Å²) in [5.74, 6) is 0.856. The summed E-state index contributed by atoms with van der Waals surface area (Å²) < 4.78 is 0.949. The molecule has 5 heteroatoms. The van der Waals surface area contributed by atoms with Crippen molar-refractivity contribution >= 4 is 39.7 Å². The lowest BCUT2D eigenvalue weighted by Crippen LogP contribution is -1.86. The number of aromatic nitrogens is 1. The molecular weight excluding hydrogens is 284 g/mol. The smallest absolute Gasteiger partial charge is 0.152 e. The van der Waals surface area contributed by atoms with E-state index >= 15 is 0 Å². The molecule has 0 radical (unpaired) electrons. The van der Waals surface area contributed by atoms with Crippen molar-refractivity contribution in [2.45, 2.75) is 11.3 Å². The van der Waals surface area contributed by atoms with Crippen LogP contribution in [0, 0.1) is 0 Å². The highest BCUT2D eigenvalue weighted by atomic mass is 35.5. The maximum Gasteiger partial charge on any atom is 0.152 e. The van der Waals surface area contributed by atoms with Gasteiger partial charge in [0, 0.05) is 11.3 Å². The molecule has 0 saturated heterocycles. The number of halogens is 1. The van der Waals surface area contributed by atoms with Crippen molar-refractivity contribution in [3.63, 3.8) is 0 Å². The molecule has 0 bridgehead atoms. The molecule has 2 aromatic rings. The number of thioether (sulfide) groups is 1. The summed E-state index contributed by atoms with van der Waals surface area (Å²) in [7, 11) is 0. The topological polar surface area (TPSA) is 38.9 Å². The van der Waals surface area contributed by atoms with Gasteiger partial charge in [0.05, 0.1) is 5.02 Å². The van der Waals surface area contributed by atoms with Gasteiger partial charge in [0.2, 0.25) is 0 Å². The molecular formula is C13H13ClN2S2. The number of benzene rings is 1. The van der Waals surface area contributed by atoms with E-state index in [-0.39, 0.29) is 0 Å². The van der Waals surface area contributed by atoms with E-state index in [0.717, 1.165) is 26.9 Å². The number of hydrogen-bond acceptors (Lipinski definition) is 4. The summed E-state index contributed by atoms with van der Waals surface area (Å²) in [6.45, 7) is 5.87. The van der Waals surface area contributed by atoms with Crippen LogP contribution in [-0.4, -0.2) is 10.7 Å². The van der Waals surface area contributed by atoms with Gasteiger partial charge in [-0.1, -0.05) is 65.1 Å². The standard InChI is InChI=1S/C13H13ClN2S2/c1-8(2)7-17-13-16-11(12(15)18-13)9-5-3-4-6-10(9)14/h3-6H,1,7,15H2,2H3. The molecule has 2 nitrogen and oxygen atoms in total. The molecule has 0 aliphatic heterocycles. The van der Waals surface area contributed by atoms with Gasteiger partial charge in [0.25, 0.3) is 0 Å². The Bertz CT molecular complexity index is 578. The maximum atomic E-state index is 6.16. The van der Waals surface area contributed by atoms with Gasteiger partial charge < -0.3 is 5.73 Å². The van der Waals surface area contributed by atoms with Gasteiger partial charge in [0.15, 0.2) is 4.34 Å². The first-order valence-corrected chi connectivity index (χ1v) is 7.54. The third kappa shape index (κ3) is 3.07. The molecule has 0 aliphatic carbocycles. The first kappa shape index (κ1) is 13.5. The fourth-order valence-electron chi connectivity index (χ4n) is 1.40. The van der Waals surface area contributed by atoms with Crippen molar-refractivity contribution in [3.05, 3.63) is 41.4 Å². The Morgan fingerprint density at radius 1 is 1.50 bits per heavy atom. The van der Waals surface area contributed by atoms with Gasteiger partial charge in [-0.05, 0) is 13.0 Å². The summed E-state index contributed by atoms with van der Waals surface area (Å²) in [4.78, 5) is 4.54. The quantitative estimate of drug-likeness (QED) is 0.656. The summed E-state index contributed by atoms with van der Waals surface area (Å²) in [5.41, 5.74) is 8.79. The normalized spacial score (nSPS) is 10.6. The van der Waals surface area contributed by atoms with Crippen molar-refractivity contribution in [1.82, 2.24) is 4.98 Å². The molecule has 2 N–H and O–H groups in total. The summed E-state index contributed by atoms with van der Waals surface area (Å²) >= 11 is 9.29. The second-order valence-electron chi connectivity index (χ2n) is 3.92. The fourth-order valence-corrected chi connectivity index (χ4v) is 3.41. The third-order valence-corrected chi connectivity index (χ3v) is 4.79. The van der Waals surface area contributed by atoms with Gasteiger partial charge in [-0.2, -0.15) is 0 Å². The molecule has 0 unspecified atom stereocenters. The zero-order valence-corrected chi connectivity index (χ0v) is 12.3. The Kier molecular flexibility index (Phi) is 4.32. The van der Waals surface area contributed by atoms with Gasteiger partial charge in [0.1, 0.15) is 10.7 Å².